The Labute approximate surface area is 140 Å². The lowest BCUT2D eigenvalue weighted by molar-refractivity contribution is -0.134. The fourth-order valence-electron chi connectivity index (χ4n) is 2.03. The van der Waals surface area contributed by atoms with Crippen LogP contribution in [0.25, 0.3) is 6.08 Å². The van der Waals surface area contributed by atoms with Gasteiger partial charge in [0.25, 0.3) is 10.0 Å². The van der Waals surface area contributed by atoms with Crippen molar-refractivity contribution in [1.29, 1.82) is 0 Å². The second-order valence-electron chi connectivity index (χ2n) is 4.86. The van der Waals surface area contributed by atoms with Gasteiger partial charge in [0.1, 0.15) is 0 Å². The van der Waals surface area contributed by atoms with Crippen LogP contribution in [0.5, 0.6) is 0 Å². The summed E-state index contributed by atoms with van der Waals surface area (Å²) in [5, 5.41) is 9.14. The Morgan fingerprint density at radius 1 is 1.21 bits per heavy atom. The molecule has 2 N–H and O–H groups in total. The average Bonchev–Trinajstić information content (AvgIpc) is 2.59. The summed E-state index contributed by atoms with van der Waals surface area (Å²) in [5.74, 6) is -0.578. The number of sulfonamides is 1. The van der Waals surface area contributed by atoms with Crippen molar-refractivity contribution in [2.45, 2.75) is 11.5 Å². The van der Waals surface area contributed by atoms with Crippen LogP contribution in [0.2, 0.25) is 0 Å². The van der Waals surface area contributed by atoms with Crippen molar-refractivity contribution in [3.8, 4) is 0 Å². The topological polar surface area (TPSA) is 92.7 Å². The first-order chi connectivity index (χ1) is 11.5. The molecule has 0 saturated carbocycles. The molecule has 0 aliphatic rings. The number of nitrogens with one attached hydrogen (secondary N) is 1. The van der Waals surface area contributed by atoms with Gasteiger partial charge >= 0.3 is 5.97 Å². The van der Waals surface area contributed by atoms with Gasteiger partial charge in [0.05, 0.1) is 18.6 Å². The first kappa shape index (κ1) is 17.7. The molecule has 0 unspecified atom stereocenters. The molecule has 7 heteroatoms. The Morgan fingerprint density at radius 3 is 2.67 bits per heavy atom. The van der Waals surface area contributed by atoms with E-state index in [1.165, 1.54) is 19.3 Å². The van der Waals surface area contributed by atoms with Gasteiger partial charge in [-0.2, -0.15) is 0 Å². The lowest BCUT2D eigenvalue weighted by atomic mass is 10.2. The molecule has 126 valence electrons. The summed E-state index contributed by atoms with van der Waals surface area (Å²) in [6.07, 6.45) is 2.53. The number of hydrogen-bond acceptors (Lipinski definition) is 5. The van der Waals surface area contributed by atoms with E-state index in [-0.39, 0.29) is 11.5 Å². The van der Waals surface area contributed by atoms with Crippen LogP contribution < -0.4 is 4.72 Å². The summed E-state index contributed by atoms with van der Waals surface area (Å²) < 4.78 is 32.2. The molecule has 0 aliphatic heterocycles. The minimum Gasteiger partial charge on any atom is -0.466 e. The summed E-state index contributed by atoms with van der Waals surface area (Å²) in [7, 11) is -2.62. The zero-order valence-corrected chi connectivity index (χ0v) is 13.8. The van der Waals surface area contributed by atoms with Crippen LogP contribution in [-0.4, -0.2) is 26.6 Å². The van der Waals surface area contributed by atoms with Crippen LogP contribution in [0, 0.1) is 0 Å². The zero-order chi connectivity index (χ0) is 17.6. The Kier molecular flexibility index (Phi) is 5.73. The number of esters is 1. The maximum atomic E-state index is 12.6. The summed E-state index contributed by atoms with van der Waals surface area (Å²) in [6, 6.07) is 12.7. The molecule has 0 aliphatic carbocycles. The lowest BCUT2D eigenvalue weighted by Gasteiger charge is -2.11. The van der Waals surface area contributed by atoms with Gasteiger partial charge < -0.3 is 9.84 Å². The van der Waals surface area contributed by atoms with Gasteiger partial charge in [-0.1, -0.05) is 30.3 Å². The highest BCUT2D eigenvalue weighted by molar-refractivity contribution is 7.92. The molecule has 0 saturated heterocycles. The van der Waals surface area contributed by atoms with Crippen LogP contribution in [-0.2, 0) is 26.2 Å². The number of benzene rings is 2. The molecule has 24 heavy (non-hydrogen) atoms. The van der Waals surface area contributed by atoms with E-state index < -0.39 is 16.0 Å². The highest BCUT2D eigenvalue weighted by atomic mass is 32.2. The first-order valence-electron chi connectivity index (χ1n) is 7.04. The largest absolute Gasteiger partial charge is 0.466 e. The molecule has 0 fully saturated rings. The van der Waals surface area contributed by atoms with Gasteiger partial charge in [0.2, 0.25) is 0 Å². The summed E-state index contributed by atoms with van der Waals surface area (Å²) in [6.45, 7) is -0.186. The molecular weight excluding hydrogens is 330 g/mol. The number of aliphatic hydroxyl groups excluding tert-OH is 1. The normalized spacial score (nSPS) is 11.4. The summed E-state index contributed by atoms with van der Waals surface area (Å²) >= 11 is 0. The predicted octanol–water partition coefficient (Wildman–Crippen LogP) is 2.17. The molecule has 0 bridgehead atoms. The molecule has 0 heterocycles. The molecule has 2 rings (SSSR count). The van der Waals surface area contributed by atoms with Crippen LogP contribution in [0.4, 0.5) is 5.69 Å². The standard InChI is InChI=1S/C17H17NO5S/c1-23-17(20)10-9-14-6-2-3-8-16(14)24(21,22)18-15-7-4-5-13(11-15)12-19/h2-11,18-19H,12H2,1H3. The highest BCUT2D eigenvalue weighted by Gasteiger charge is 2.17. The predicted molar refractivity (Wildman–Crippen MR) is 90.7 cm³/mol. The van der Waals surface area contributed by atoms with E-state index in [9.17, 15) is 13.2 Å². The maximum Gasteiger partial charge on any atom is 0.330 e. The Hall–Kier alpha value is -2.64. The summed E-state index contributed by atoms with van der Waals surface area (Å²) in [5.41, 5.74) is 1.29. The Bertz CT molecular complexity index is 859. The van der Waals surface area contributed by atoms with Gasteiger partial charge in [-0.3, -0.25) is 4.72 Å². The number of methoxy groups -OCH3 is 1. The van der Waals surface area contributed by atoms with E-state index in [0.717, 1.165) is 6.08 Å². The SMILES string of the molecule is COC(=O)C=Cc1ccccc1S(=O)(=O)Nc1cccc(CO)c1. The molecule has 2 aromatic carbocycles. The smallest absolute Gasteiger partial charge is 0.330 e. The van der Waals surface area contributed by atoms with Gasteiger partial charge in [0, 0.05) is 11.8 Å². The number of aliphatic hydroxyl groups is 1. The third-order valence-corrected chi connectivity index (χ3v) is 4.63. The zero-order valence-electron chi connectivity index (χ0n) is 13.0. The third kappa shape index (κ3) is 4.43. The van der Waals surface area contributed by atoms with Crippen molar-refractivity contribution in [2.75, 3.05) is 11.8 Å². The van der Waals surface area contributed by atoms with Crippen molar-refractivity contribution < 1.29 is 23.1 Å². The van der Waals surface area contributed by atoms with Gasteiger partial charge in [-0.15, -0.1) is 0 Å². The van der Waals surface area contributed by atoms with Crippen LogP contribution >= 0.6 is 0 Å². The number of ether oxygens (including phenoxy) is 1. The first-order valence-corrected chi connectivity index (χ1v) is 8.52. The van der Waals surface area contributed by atoms with E-state index in [0.29, 0.717) is 16.8 Å². The van der Waals surface area contributed by atoms with Crippen molar-refractivity contribution in [3.63, 3.8) is 0 Å². The van der Waals surface area contributed by atoms with Gasteiger partial charge in [-0.25, -0.2) is 13.2 Å². The van der Waals surface area contributed by atoms with E-state index in [2.05, 4.69) is 9.46 Å². The second-order valence-corrected chi connectivity index (χ2v) is 6.51. The monoisotopic (exact) mass is 347 g/mol. The molecule has 2 aromatic rings. The van der Waals surface area contributed by atoms with Crippen LogP contribution in [0.1, 0.15) is 11.1 Å². The maximum absolute atomic E-state index is 12.6. The second kappa shape index (κ2) is 7.76. The van der Waals surface area contributed by atoms with E-state index in [4.69, 9.17) is 5.11 Å². The van der Waals surface area contributed by atoms with Crippen molar-refractivity contribution in [2.24, 2.45) is 0 Å². The average molecular weight is 347 g/mol. The van der Waals surface area contributed by atoms with E-state index in [1.54, 1.807) is 42.5 Å². The molecule has 0 aromatic heterocycles. The Morgan fingerprint density at radius 2 is 1.96 bits per heavy atom. The van der Waals surface area contributed by atoms with Gasteiger partial charge in [-0.05, 0) is 35.4 Å². The number of rotatable bonds is 6. The minimum absolute atomic E-state index is 0.0274. The number of carbonyl (C=O) groups excluding carboxylic acids is 1. The minimum atomic E-state index is -3.86. The number of carbonyl (C=O) groups is 1. The van der Waals surface area contributed by atoms with Crippen LogP contribution in [0.15, 0.2) is 59.5 Å². The highest BCUT2D eigenvalue weighted by Crippen LogP contribution is 2.21. The quantitative estimate of drug-likeness (QED) is 0.617. The molecule has 0 spiro atoms. The molecule has 0 amide bonds. The number of hydrogen-bond donors (Lipinski definition) is 2. The van der Waals surface area contributed by atoms with Gasteiger partial charge in [0.15, 0.2) is 0 Å². The molecule has 6 nitrogen and oxygen atoms in total. The number of anilines is 1. The van der Waals surface area contributed by atoms with E-state index in [1.807, 2.05) is 0 Å². The fourth-order valence-corrected chi connectivity index (χ4v) is 3.28. The molecule has 0 radical (unpaired) electrons. The van der Waals surface area contributed by atoms with E-state index >= 15 is 0 Å². The lowest BCUT2D eigenvalue weighted by Crippen LogP contribution is -2.14. The van der Waals surface area contributed by atoms with Crippen molar-refractivity contribution in [1.82, 2.24) is 0 Å². The molecular formula is C17H17NO5S. The third-order valence-electron chi connectivity index (χ3n) is 3.17. The van der Waals surface area contributed by atoms with Crippen LogP contribution in [0.3, 0.4) is 0 Å². The molecule has 0 atom stereocenters. The fraction of sp³-hybridized carbons (Fsp3) is 0.118. The van der Waals surface area contributed by atoms with Crippen molar-refractivity contribution in [3.05, 3.63) is 65.7 Å². The Balaban J connectivity index is 2.35. The van der Waals surface area contributed by atoms with Crippen molar-refractivity contribution >= 4 is 27.8 Å². The summed E-state index contributed by atoms with van der Waals surface area (Å²) in [4.78, 5) is 11.2.